The first-order chi connectivity index (χ1) is 15.6. The van der Waals surface area contributed by atoms with Crippen LogP contribution in [0.25, 0.3) is 11.0 Å². The number of benzene rings is 3. The molecule has 0 aliphatic carbocycles. The molecule has 0 bridgehead atoms. The third-order valence-corrected chi connectivity index (χ3v) is 5.66. The minimum Gasteiger partial charge on any atom is -0.545 e. The van der Waals surface area contributed by atoms with Crippen molar-refractivity contribution in [2.45, 2.75) is 11.7 Å². The van der Waals surface area contributed by atoms with Crippen LogP contribution in [-0.4, -0.2) is 33.4 Å². The van der Waals surface area contributed by atoms with Gasteiger partial charge in [0.1, 0.15) is 0 Å². The molecule has 1 aromatic heterocycles. The fourth-order valence-electron chi connectivity index (χ4n) is 3.13. The predicted octanol–water partition coefficient (Wildman–Crippen LogP) is 2.69. The van der Waals surface area contributed by atoms with E-state index in [-0.39, 0.29) is 17.2 Å². The van der Waals surface area contributed by atoms with Crippen LogP contribution >= 0.6 is 11.8 Å². The summed E-state index contributed by atoms with van der Waals surface area (Å²) in [5, 5.41) is 15.5. The highest BCUT2D eigenvalue weighted by molar-refractivity contribution is 7.99. The maximum absolute atomic E-state index is 12.3. The molecular formula is C24H19N4O3S-. The molecule has 1 amide bonds. The molecule has 0 aliphatic heterocycles. The molecule has 0 saturated carbocycles. The van der Waals surface area contributed by atoms with E-state index in [1.165, 1.54) is 30.1 Å². The Morgan fingerprint density at radius 3 is 2.47 bits per heavy atom. The Morgan fingerprint density at radius 1 is 1.00 bits per heavy atom. The maximum Gasteiger partial charge on any atom is 0.250 e. The Hall–Kier alpha value is -3.91. The van der Waals surface area contributed by atoms with Gasteiger partial charge in [-0.05, 0) is 28.8 Å². The summed E-state index contributed by atoms with van der Waals surface area (Å²) in [7, 11) is 0. The normalized spacial score (nSPS) is 11.1. The Kier molecular flexibility index (Phi) is 6.62. The second kappa shape index (κ2) is 9.93. The Labute approximate surface area is 188 Å². The number of rotatable bonds is 8. The van der Waals surface area contributed by atoms with Crippen molar-refractivity contribution in [2.24, 2.45) is 5.10 Å². The number of imidazole rings is 1. The summed E-state index contributed by atoms with van der Waals surface area (Å²) in [5.74, 6) is -1.35. The fraction of sp³-hybridized carbons (Fsp3) is 0.0833. The highest BCUT2D eigenvalue weighted by Crippen LogP contribution is 2.25. The molecule has 1 N–H and O–H groups in total. The number of hydrazone groups is 1. The Balaban J connectivity index is 1.40. The molecule has 32 heavy (non-hydrogen) atoms. The van der Waals surface area contributed by atoms with Crippen molar-refractivity contribution >= 4 is 40.9 Å². The molecule has 0 saturated heterocycles. The number of carboxylic acids is 1. The number of hydrogen-bond acceptors (Lipinski definition) is 6. The van der Waals surface area contributed by atoms with E-state index >= 15 is 0 Å². The average Bonchev–Trinajstić information content (AvgIpc) is 3.16. The first kappa shape index (κ1) is 21.3. The molecule has 0 unspecified atom stereocenters. The SMILES string of the molecule is O=C(CSc1nc2ccccc2n1Cc1ccccc1)NN=Cc1ccc(C(=O)[O-])cc1. The van der Waals surface area contributed by atoms with Gasteiger partial charge in [-0.2, -0.15) is 5.10 Å². The number of aromatic nitrogens is 2. The van der Waals surface area contributed by atoms with Crippen molar-refractivity contribution < 1.29 is 14.7 Å². The standard InChI is InChI=1S/C24H20N4O3S/c29-22(27-25-14-17-10-12-19(13-11-17)23(30)31)16-32-24-26-20-8-4-5-9-21(20)28(24)15-18-6-2-1-3-7-18/h1-14H,15-16H2,(H,27,29)(H,30,31)/p-1. The van der Waals surface area contributed by atoms with E-state index in [2.05, 4.69) is 32.2 Å². The number of nitrogens with zero attached hydrogens (tertiary/aromatic N) is 3. The number of para-hydroxylation sites is 2. The van der Waals surface area contributed by atoms with Crippen molar-refractivity contribution in [2.75, 3.05) is 5.75 Å². The summed E-state index contributed by atoms with van der Waals surface area (Å²) >= 11 is 1.35. The minimum atomic E-state index is -1.24. The van der Waals surface area contributed by atoms with E-state index in [9.17, 15) is 14.7 Å². The van der Waals surface area contributed by atoms with E-state index in [1.54, 1.807) is 12.1 Å². The molecule has 4 aromatic rings. The number of amides is 1. The van der Waals surface area contributed by atoms with Gasteiger partial charge in [0.2, 0.25) is 0 Å². The largest absolute Gasteiger partial charge is 0.545 e. The van der Waals surface area contributed by atoms with Gasteiger partial charge in [-0.3, -0.25) is 4.79 Å². The second-order valence-electron chi connectivity index (χ2n) is 6.95. The number of carbonyl (C=O) groups is 2. The van der Waals surface area contributed by atoms with Crippen molar-refractivity contribution in [1.29, 1.82) is 0 Å². The zero-order chi connectivity index (χ0) is 22.3. The highest BCUT2D eigenvalue weighted by Gasteiger charge is 2.13. The first-order valence-electron chi connectivity index (χ1n) is 9.85. The molecule has 0 spiro atoms. The lowest BCUT2D eigenvalue weighted by atomic mass is 10.1. The van der Waals surface area contributed by atoms with Crippen molar-refractivity contribution in [3.05, 3.63) is 95.6 Å². The van der Waals surface area contributed by atoms with Gasteiger partial charge in [-0.25, -0.2) is 10.4 Å². The molecule has 7 nitrogen and oxygen atoms in total. The molecule has 0 radical (unpaired) electrons. The van der Waals surface area contributed by atoms with Crippen molar-refractivity contribution in [3.8, 4) is 0 Å². The quantitative estimate of drug-likeness (QED) is 0.256. The van der Waals surface area contributed by atoms with E-state index in [4.69, 9.17) is 0 Å². The van der Waals surface area contributed by atoms with Crippen LogP contribution in [0, 0.1) is 0 Å². The molecule has 0 fully saturated rings. The van der Waals surface area contributed by atoms with Gasteiger partial charge in [0, 0.05) is 0 Å². The average molecular weight is 444 g/mol. The number of thioether (sulfide) groups is 1. The number of hydrogen-bond donors (Lipinski definition) is 1. The first-order valence-corrected chi connectivity index (χ1v) is 10.8. The van der Waals surface area contributed by atoms with E-state index in [0.29, 0.717) is 12.1 Å². The van der Waals surface area contributed by atoms with Crippen molar-refractivity contribution in [1.82, 2.24) is 15.0 Å². The zero-order valence-corrected chi connectivity index (χ0v) is 17.8. The lowest BCUT2D eigenvalue weighted by Gasteiger charge is -2.09. The maximum atomic E-state index is 12.3. The second-order valence-corrected chi connectivity index (χ2v) is 7.89. The van der Waals surface area contributed by atoms with Crippen LogP contribution in [0.5, 0.6) is 0 Å². The van der Waals surface area contributed by atoms with Gasteiger partial charge < -0.3 is 14.5 Å². The molecule has 8 heteroatoms. The van der Waals surface area contributed by atoms with E-state index in [0.717, 1.165) is 21.8 Å². The number of carbonyl (C=O) groups excluding carboxylic acids is 2. The summed E-state index contributed by atoms with van der Waals surface area (Å²) in [6.45, 7) is 0.658. The summed E-state index contributed by atoms with van der Waals surface area (Å²) in [4.78, 5) is 27.7. The van der Waals surface area contributed by atoms with Crippen LogP contribution in [0.3, 0.4) is 0 Å². The highest BCUT2D eigenvalue weighted by atomic mass is 32.2. The summed E-state index contributed by atoms with van der Waals surface area (Å²) in [5.41, 5.74) is 6.27. The van der Waals surface area contributed by atoms with Gasteiger partial charge >= 0.3 is 0 Å². The predicted molar refractivity (Wildman–Crippen MR) is 123 cm³/mol. The number of carboxylic acid groups (broad SMARTS) is 1. The van der Waals surface area contributed by atoms with Gasteiger partial charge in [0.25, 0.3) is 5.91 Å². The minimum absolute atomic E-state index is 0.0842. The third-order valence-electron chi connectivity index (χ3n) is 4.68. The van der Waals surface area contributed by atoms with Crippen LogP contribution in [0.1, 0.15) is 21.5 Å². The van der Waals surface area contributed by atoms with E-state index in [1.807, 2.05) is 42.5 Å². The molecular weight excluding hydrogens is 424 g/mol. The third kappa shape index (κ3) is 5.22. The molecule has 4 rings (SSSR count). The van der Waals surface area contributed by atoms with Gasteiger partial charge in [0.15, 0.2) is 5.16 Å². The van der Waals surface area contributed by atoms with Gasteiger partial charge in [-0.15, -0.1) is 0 Å². The molecule has 3 aromatic carbocycles. The monoisotopic (exact) mass is 443 g/mol. The molecule has 160 valence electrons. The van der Waals surface area contributed by atoms with Crippen LogP contribution in [0.4, 0.5) is 0 Å². The fourth-order valence-corrected chi connectivity index (χ4v) is 3.94. The molecule has 0 aliphatic rings. The van der Waals surface area contributed by atoms with Crippen LogP contribution in [0.2, 0.25) is 0 Å². The lowest BCUT2D eigenvalue weighted by molar-refractivity contribution is -0.255. The smallest absolute Gasteiger partial charge is 0.250 e. The van der Waals surface area contributed by atoms with Crippen LogP contribution < -0.4 is 10.5 Å². The zero-order valence-electron chi connectivity index (χ0n) is 17.0. The number of fused-ring (bicyclic) bond motifs is 1. The summed E-state index contributed by atoms with van der Waals surface area (Å²) in [6, 6.07) is 24.0. The van der Waals surface area contributed by atoms with Gasteiger partial charge in [-0.1, -0.05) is 78.5 Å². The summed E-state index contributed by atoms with van der Waals surface area (Å²) < 4.78 is 2.10. The topological polar surface area (TPSA) is 99.4 Å². The summed E-state index contributed by atoms with van der Waals surface area (Å²) in [6.07, 6.45) is 1.45. The number of aromatic carboxylic acids is 1. The molecule has 1 heterocycles. The Morgan fingerprint density at radius 2 is 1.72 bits per heavy atom. The number of nitrogens with one attached hydrogen (secondary N) is 1. The Bertz CT molecular complexity index is 1270. The van der Waals surface area contributed by atoms with Crippen LogP contribution in [-0.2, 0) is 11.3 Å². The van der Waals surface area contributed by atoms with Crippen molar-refractivity contribution in [3.63, 3.8) is 0 Å². The molecule has 0 atom stereocenters. The van der Waals surface area contributed by atoms with E-state index < -0.39 is 5.97 Å². The van der Waals surface area contributed by atoms with Gasteiger partial charge in [0.05, 0.1) is 35.5 Å². The van der Waals surface area contributed by atoms with Crippen LogP contribution in [0.15, 0.2) is 89.1 Å². The lowest BCUT2D eigenvalue weighted by Crippen LogP contribution is -2.22.